The molecule has 0 spiro atoms. The van der Waals surface area contributed by atoms with Crippen LogP contribution in [0.5, 0.6) is 0 Å². The van der Waals surface area contributed by atoms with Crippen molar-refractivity contribution in [2.75, 3.05) is 20.3 Å². The lowest BCUT2D eigenvalue weighted by Crippen LogP contribution is -2.53. The molecule has 36 heavy (non-hydrogen) atoms. The Kier molecular flexibility index (Phi) is 8.54. The summed E-state index contributed by atoms with van der Waals surface area (Å²) in [6.45, 7) is 8.19. The fourth-order valence-electron chi connectivity index (χ4n) is 5.28. The van der Waals surface area contributed by atoms with E-state index in [0.29, 0.717) is 19.4 Å². The third-order valence-corrected chi connectivity index (χ3v) is 7.69. The number of unbranched alkanes of at least 4 members (excludes halogenated alkanes) is 1. The van der Waals surface area contributed by atoms with Crippen molar-refractivity contribution in [2.24, 2.45) is 0 Å². The van der Waals surface area contributed by atoms with Gasteiger partial charge in [0.1, 0.15) is 11.7 Å². The summed E-state index contributed by atoms with van der Waals surface area (Å²) in [5.41, 5.74) is 2.85. The smallest absolute Gasteiger partial charge is 0.306 e. The van der Waals surface area contributed by atoms with Gasteiger partial charge in [-0.05, 0) is 50.0 Å². The standard InChI is InChI=1S/C29H41N3O3Si/c1-32-21-25(31-22-32)17-11-12-18-28(33)34-26-19-27(30-20-26)29(35-36(2,3)4,23-13-7-5-8-14-23)24-15-9-6-10-16-24/h5-10,13-16,21,26-27,30-31H,11-12,17-20,22H2,1-4H3. The first-order valence-corrected chi connectivity index (χ1v) is 16.6. The van der Waals surface area contributed by atoms with E-state index in [1.165, 1.54) is 5.70 Å². The SMILES string of the molecule is CN1C=C(CCCCC(=O)OC2CNC(C(O[Si](C)(C)C)(c3ccccc3)c3ccccc3)C2)NC1. The van der Waals surface area contributed by atoms with E-state index in [4.69, 9.17) is 9.16 Å². The minimum atomic E-state index is -1.98. The fraction of sp³-hybridized carbons (Fsp3) is 0.483. The average molecular weight is 508 g/mol. The second kappa shape index (κ2) is 11.6. The Labute approximate surface area is 217 Å². The molecule has 0 aliphatic carbocycles. The maximum atomic E-state index is 12.7. The summed E-state index contributed by atoms with van der Waals surface area (Å²) >= 11 is 0. The molecule has 1 fully saturated rings. The van der Waals surface area contributed by atoms with Crippen molar-refractivity contribution in [2.45, 2.75) is 69.5 Å². The van der Waals surface area contributed by atoms with E-state index in [1.807, 2.05) is 12.1 Å². The molecule has 2 unspecified atom stereocenters. The predicted octanol–water partition coefficient (Wildman–Crippen LogP) is 4.95. The van der Waals surface area contributed by atoms with Crippen molar-refractivity contribution in [1.29, 1.82) is 0 Å². The normalized spacial score (nSPS) is 20.2. The molecule has 6 nitrogen and oxygen atoms in total. The molecule has 0 radical (unpaired) electrons. The molecule has 2 aliphatic heterocycles. The van der Waals surface area contributed by atoms with Gasteiger partial charge < -0.3 is 24.7 Å². The topological polar surface area (TPSA) is 62.8 Å². The van der Waals surface area contributed by atoms with Gasteiger partial charge in [0.15, 0.2) is 8.32 Å². The van der Waals surface area contributed by atoms with Gasteiger partial charge in [-0.3, -0.25) is 4.79 Å². The van der Waals surface area contributed by atoms with Gasteiger partial charge in [-0.15, -0.1) is 0 Å². The van der Waals surface area contributed by atoms with Gasteiger partial charge in [-0.2, -0.15) is 0 Å². The Morgan fingerprint density at radius 1 is 1.03 bits per heavy atom. The first-order chi connectivity index (χ1) is 17.3. The highest BCUT2D eigenvalue weighted by Gasteiger charge is 2.49. The second-order valence-corrected chi connectivity index (χ2v) is 15.4. The van der Waals surface area contributed by atoms with Gasteiger partial charge in [0.2, 0.25) is 0 Å². The first-order valence-electron chi connectivity index (χ1n) is 13.2. The molecular formula is C29H41N3O3Si. The fourth-order valence-corrected chi connectivity index (χ4v) is 6.63. The summed E-state index contributed by atoms with van der Waals surface area (Å²) < 4.78 is 13.0. The van der Waals surface area contributed by atoms with Gasteiger partial charge in [-0.25, -0.2) is 0 Å². The lowest BCUT2D eigenvalue weighted by atomic mass is 9.79. The van der Waals surface area contributed by atoms with Crippen LogP contribution in [0, 0.1) is 0 Å². The van der Waals surface area contributed by atoms with Gasteiger partial charge in [0, 0.05) is 44.4 Å². The number of hydrogen-bond acceptors (Lipinski definition) is 6. The maximum Gasteiger partial charge on any atom is 0.306 e. The highest BCUT2D eigenvalue weighted by Crippen LogP contribution is 2.42. The highest BCUT2D eigenvalue weighted by atomic mass is 28.4. The molecule has 194 valence electrons. The molecule has 7 heteroatoms. The highest BCUT2D eigenvalue weighted by molar-refractivity contribution is 6.69. The Bertz CT molecular complexity index is 984. The molecule has 2 atom stereocenters. The molecule has 0 saturated carbocycles. The van der Waals surface area contributed by atoms with Crippen LogP contribution in [0.4, 0.5) is 0 Å². The summed E-state index contributed by atoms with van der Waals surface area (Å²) in [5, 5.41) is 7.05. The van der Waals surface area contributed by atoms with E-state index in [9.17, 15) is 4.79 Å². The Hall–Kier alpha value is -2.61. The summed E-state index contributed by atoms with van der Waals surface area (Å²) in [7, 11) is 0.0771. The summed E-state index contributed by atoms with van der Waals surface area (Å²) in [5.74, 6) is -0.107. The summed E-state index contributed by atoms with van der Waals surface area (Å²) in [4.78, 5) is 14.8. The molecule has 2 heterocycles. The van der Waals surface area contributed by atoms with Crippen LogP contribution in [-0.4, -0.2) is 51.6 Å². The third-order valence-electron chi connectivity index (χ3n) is 6.76. The lowest BCUT2D eigenvalue weighted by Gasteiger charge is -2.44. The van der Waals surface area contributed by atoms with Crippen LogP contribution in [-0.2, 0) is 19.6 Å². The minimum absolute atomic E-state index is 0.0100. The van der Waals surface area contributed by atoms with Crippen molar-refractivity contribution in [3.8, 4) is 0 Å². The first kappa shape index (κ1) is 26.4. The number of carbonyl (C=O) groups is 1. The summed E-state index contributed by atoms with van der Waals surface area (Å²) in [6, 6.07) is 21.0. The van der Waals surface area contributed by atoms with Crippen molar-refractivity contribution < 1.29 is 14.0 Å². The van der Waals surface area contributed by atoms with Gasteiger partial charge in [0.25, 0.3) is 0 Å². The Morgan fingerprint density at radius 3 is 2.22 bits per heavy atom. The maximum absolute atomic E-state index is 12.7. The van der Waals surface area contributed by atoms with Gasteiger partial charge in [0.05, 0.1) is 6.67 Å². The number of nitrogens with zero attached hydrogens (tertiary/aromatic N) is 1. The zero-order valence-corrected chi connectivity index (χ0v) is 23.1. The summed E-state index contributed by atoms with van der Waals surface area (Å²) in [6.07, 6.45) is 5.92. The number of carbonyl (C=O) groups excluding carboxylic acids is 1. The number of nitrogens with one attached hydrogen (secondary N) is 2. The number of ether oxygens (including phenoxy) is 1. The van der Waals surface area contributed by atoms with Crippen molar-refractivity contribution in [1.82, 2.24) is 15.5 Å². The quantitative estimate of drug-likeness (QED) is 0.255. The number of hydrogen-bond donors (Lipinski definition) is 2. The third kappa shape index (κ3) is 6.58. The van der Waals surface area contributed by atoms with Crippen LogP contribution in [0.1, 0.15) is 43.2 Å². The van der Waals surface area contributed by atoms with E-state index in [0.717, 1.165) is 37.1 Å². The number of rotatable bonds is 11. The minimum Gasteiger partial charge on any atom is -0.461 e. The predicted molar refractivity (Wildman–Crippen MR) is 147 cm³/mol. The van der Waals surface area contributed by atoms with Crippen molar-refractivity contribution >= 4 is 14.3 Å². The van der Waals surface area contributed by atoms with Crippen LogP contribution >= 0.6 is 0 Å². The second-order valence-electron chi connectivity index (χ2n) is 10.9. The average Bonchev–Trinajstić information content (AvgIpc) is 3.50. The zero-order valence-electron chi connectivity index (χ0n) is 22.1. The molecular weight excluding hydrogens is 466 g/mol. The lowest BCUT2D eigenvalue weighted by molar-refractivity contribution is -0.148. The van der Waals surface area contributed by atoms with E-state index in [-0.39, 0.29) is 18.1 Å². The van der Waals surface area contributed by atoms with E-state index >= 15 is 0 Å². The molecule has 0 amide bonds. The number of esters is 1. The molecule has 2 aromatic rings. The van der Waals surface area contributed by atoms with E-state index in [2.05, 4.69) is 97.0 Å². The molecule has 2 aliphatic rings. The van der Waals surface area contributed by atoms with Crippen LogP contribution in [0.3, 0.4) is 0 Å². The van der Waals surface area contributed by atoms with Crippen LogP contribution in [0.15, 0.2) is 72.6 Å². The van der Waals surface area contributed by atoms with Crippen LogP contribution < -0.4 is 10.6 Å². The number of benzene rings is 2. The van der Waals surface area contributed by atoms with E-state index < -0.39 is 13.9 Å². The van der Waals surface area contributed by atoms with Crippen molar-refractivity contribution in [3.63, 3.8) is 0 Å². The molecule has 4 rings (SSSR count). The Balaban J connectivity index is 1.44. The van der Waals surface area contributed by atoms with E-state index in [1.54, 1.807) is 0 Å². The molecule has 0 bridgehead atoms. The van der Waals surface area contributed by atoms with Gasteiger partial charge in [-0.1, -0.05) is 60.7 Å². The molecule has 2 aromatic carbocycles. The van der Waals surface area contributed by atoms with Crippen molar-refractivity contribution in [3.05, 3.63) is 83.7 Å². The molecule has 2 N–H and O–H groups in total. The molecule has 0 aromatic heterocycles. The van der Waals surface area contributed by atoms with Gasteiger partial charge >= 0.3 is 5.97 Å². The Morgan fingerprint density at radius 2 is 1.67 bits per heavy atom. The monoisotopic (exact) mass is 507 g/mol. The van der Waals surface area contributed by atoms with Crippen LogP contribution in [0.2, 0.25) is 19.6 Å². The molecule has 1 saturated heterocycles. The zero-order chi connectivity index (χ0) is 25.6. The van der Waals surface area contributed by atoms with Crippen LogP contribution in [0.25, 0.3) is 0 Å². The largest absolute Gasteiger partial charge is 0.461 e. The number of allylic oxidation sites excluding steroid dienone is 1.